The van der Waals surface area contributed by atoms with Crippen molar-refractivity contribution >= 4 is 47.5 Å². The second-order valence-corrected chi connectivity index (χ2v) is 4.18. The molecule has 1 aromatic carbocycles. The van der Waals surface area contributed by atoms with Crippen LogP contribution in [0.25, 0.3) is 0 Å². The molecule has 0 radical (unpaired) electrons. The predicted octanol–water partition coefficient (Wildman–Crippen LogP) is 3.21. The molecule has 1 N–H and O–H groups in total. The third-order valence-electron chi connectivity index (χ3n) is 2.15. The summed E-state index contributed by atoms with van der Waals surface area (Å²) in [5.74, 6) is 0.825. The number of hydrogen-bond acceptors (Lipinski definition) is 4. The van der Waals surface area contributed by atoms with E-state index in [9.17, 15) is 0 Å². The third-order valence-corrected chi connectivity index (χ3v) is 2.58. The summed E-state index contributed by atoms with van der Waals surface area (Å²) in [6, 6.07) is 5.20. The van der Waals surface area contributed by atoms with E-state index in [0.29, 0.717) is 21.9 Å². The molecule has 0 unspecified atom stereocenters. The highest BCUT2D eigenvalue weighted by Crippen LogP contribution is 2.28. The maximum absolute atomic E-state index is 5.93. The summed E-state index contributed by atoms with van der Waals surface area (Å²) in [7, 11) is 1.80. The van der Waals surface area contributed by atoms with Gasteiger partial charge in [-0.1, -0.05) is 23.2 Å². The predicted molar refractivity (Wildman–Crippen MR) is 70.1 cm³/mol. The molecule has 0 aliphatic carbocycles. The Morgan fingerprint density at radius 1 is 1.29 bits per heavy atom. The topological polar surface area (TPSA) is 57.2 Å². The fraction of sp³-hybridized carbons (Fsp3) is 0.100. The number of halogens is 2. The van der Waals surface area contributed by atoms with Gasteiger partial charge in [-0.25, -0.2) is 10.1 Å². The van der Waals surface area contributed by atoms with E-state index in [0.717, 1.165) is 5.69 Å². The zero-order chi connectivity index (χ0) is 12.4. The van der Waals surface area contributed by atoms with E-state index in [1.54, 1.807) is 30.1 Å². The van der Waals surface area contributed by atoms with E-state index in [1.165, 1.54) is 0 Å². The summed E-state index contributed by atoms with van der Waals surface area (Å²) in [6.45, 7) is 3.36. The van der Waals surface area contributed by atoms with Crippen molar-refractivity contribution in [2.75, 3.05) is 11.9 Å². The standard InChI is InChI=1S/C10H9Cl2N5/c1-13-9-14-10(16-15-9)17(2)8-4-6(11)3-7(12)5-8/h3-5H,1H2,2H3,(H,14,15,16). The van der Waals surface area contributed by atoms with Gasteiger partial charge in [0.15, 0.2) is 0 Å². The van der Waals surface area contributed by atoms with Crippen LogP contribution < -0.4 is 4.90 Å². The smallest absolute Gasteiger partial charge is 0.250 e. The summed E-state index contributed by atoms with van der Waals surface area (Å²) in [4.78, 5) is 9.49. The number of benzene rings is 1. The van der Waals surface area contributed by atoms with Crippen LogP contribution in [0, 0.1) is 0 Å². The molecule has 2 rings (SSSR count). The Morgan fingerprint density at radius 3 is 2.47 bits per heavy atom. The van der Waals surface area contributed by atoms with E-state index in [4.69, 9.17) is 23.2 Å². The lowest BCUT2D eigenvalue weighted by molar-refractivity contribution is 1.03. The zero-order valence-electron chi connectivity index (χ0n) is 8.98. The van der Waals surface area contributed by atoms with Gasteiger partial charge < -0.3 is 4.90 Å². The highest BCUT2D eigenvalue weighted by atomic mass is 35.5. The maximum Gasteiger partial charge on any atom is 0.250 e. The van der Waals surface area contributed by atoms with Crippen molar-refractivity contribution < 1.29 is 0 Å². The number of aromatic nitrogens is 3. The van der Waals surface area contributed by atoms with Gasteiger partial charge >= 0.3 is 0 Å². The summed E-state index contributed by atoms with van der Waals surface area (Å²) >= 11 is 11.9. The van der Waals surface area contributed by atoms with Gasteiger partial charge in [-0.15, -0.1) is 5.10 Å². The lowest BCUT2D eigenvalue weighted by Crippen LogP contribution is -2.11. The maximum atomic E-state index is 5.93. The quantitative estimate of drug-likeness (QED) is 0.871. The normalized spacial score (nSPS) is 10.3. The first-order valence-corrected chi connectivity index (χ1v) is 5.44. The molecule has 88 valence electrons. The van der Waals surface area contributed by atoms with E-state index in [1.807, 2.05) is 0 Å². The van der Waals surface area contributed by atoms with Gasteiger partial charge in [0, 0.05) is 22.8 Å². The Kier molecular flexibility index (Phi) is 3.31. The van der Waals surface area contributed by atoms with Crippen molar-refractivity contribution in [3.63, 3.8) is 0 Å². The molecule has 1 aromatic heterocycles. The molecule has 0 fully saturated rings. The average molecular weight is 270 g/mol. The van der Waals surface area contributed by atoms with Gasteiger partial charge in [-0.05, 0) is 24.9 Å². The molecule has 0 bridgehead atoms. The van der Waals surface area contributed by atoms with Gasteiger partial charge in [0.25, 0.3) is 5.95 Å². The van der Waals surface area contributed by atoms with Crippen LogP contribution in [0.2, 0.25) is 10.0 Å². The number of aromatic amines is 1. The highest BCUT2D eigenvalue weighted by molar-refractivity contribution is 6.35. The molecular formula is C10H9Cl2N5. The minimum Gasteiger partial charge on any atom is -0.312 e. The molecule has 0 saturated heterocycles. The number of rotatable bonds is 3. The van der Waals surface area contributed by atoms with Crippen molar-refractivity contribution in [3.05, 3.63) is 28.2 Å². The van der Waals surface area contributed by atoms with E-state index in [2.05, 4.69) is 26.9 Å². The average Bonchev–Trinajstić information content (AvgIpc) is 2.75. The first kappa shape index (κ1) is 11.9. The summed E-state index contributed by atoms with van der Waals surface area (Å²) in [5.41, 5.74) is 0.789. The molecule has 0 atom stereocenters. The summed E-state index contributed by atoms with van der Waals surface area (Å²) < 4.78 is 0. The number of nitrogens with zero attached hydrogens (tertiary/aromatic N) is 4. The van der Waals surface area contributed by atoms with Crippen LogP contribution in [0.15, 0.2) is 23.2 Å². The lowest BCUT2D eigenvalue weighted by Gasteiger charge is -2.15. The number of nitrogens with one attached hydrogen (secondary N) is 1. The molecule has 7 heteroatoms. The SMILES string of the molecule is C=Nc1nc(N(C)c2cc(Cl)cc(Cl)c2)n[nH]1. The zero-order valence-corrected chi connectivity index (χ0v) is 10.5. The molecule has 0 aliphatic heterocycles. The number of anilines is 2. The van der Waals surface area contributed by atoms with Crippen LogP contribution in [-0.4, -0.2) is 28.9 Å². The minimum absolute atomic E-state index is 0.361. The monoisotopic (exact) mass is 269 g/mol. The molecule has 2 aromatic rings. The molecule has 0 saturated carbocycles. The second-order valence-electron chi connectivity index (χ2n) is 3.30. The van der Waals surface area contributed by atoms with Gasteiger partial charge in [-0.3, -0.25) is 0 Å². The molecule has 17 heavy (non-hydrogen) atoms. The van der Waals surface area contributed by atoms with Crippen molar-refractivity contribution in [3.8, 4) is 0 Å². The van der Waals surface area contributed by atoms with Gasteiger partial charge in [0.1, 0.15) is 0 Å². The third kappa shape index (κ3) is 2.57. The molecular weight excluding hydrogens is 261 g/mol. The Hall–Kier alpha value is -1.59. The molecule has 0 amide bonds. The fourth-order valence-electron chi connectivity index (χ4n) is 1.31. The second kappa shape index (κ2) is 4.73. The van der Waals surface area contributed by atoms with Crippen LogP contribution in [0.3, 0.4) is 0 Å². The molecule has 1 heterocycles. The number of H-pyrrole nitrogens is 1. The highest BCUT2D eigenvalue weighted by Gasteiger charge is 2.10. The van der Waals surface area contributed by atoms with Crippen molar-refractivity contribution in [1.29, 1.82) is 0 Å². The largest absolute Gasteiger partial charge is 0.312 e. The minimum atomic E-state index is 0.361. The van der Waals surface area contributed by atoms with Crippen LogP contribution in [0.1, 0.15) is 0 Å². The van der Waals surface area contributed by atoms with Crippen LogP contribution >= 0.6 is 23.2 Å². The summed E-state index contributed by atoms with van der Waals surface area (Å²) in [6.07, 6.45) is 0. The van der Waals surface area contributed by atoms with Crippen LogP contribution in [-0.2, 0) is 0 Å². The van der Waals surface area contributed by atoms with Crippen LogP contribution in [0.4, 0.5) is 17.6 Å². The fourth-order valence-corrected chi connectivity index (χ4v) is 1.83. The first-order valence-electron chi connectivity index (χ1n) is 4.69. The Balaban J connectivity index is 2.35. The molecule has 0 aliphatic rings. The van der Waals surface area contributed by atoms with Crippen molar-refractivity contribution in [2.45, 2.75) is 0 Å². The van der Waals surface area contributed by atoms with Crippen molar-refractivity contribution in [2.24, 2.45) is 4.99 Å². The Labute approximate surface area is 108 Å². The molecule has 5 nitrogen and oxygen atoms in total. The van der Waals surface area contributed by atoms with E-state index in [-0.39, 0.29) is 0 Å². The summed E-state index contributed by atoms with van der Waals surface area (Å²) in [5, 5.41) is 7.74. The lowest BCUT2D eigenvalue weighted by atomic mass is 10.3. The van der Waals surface area contributed by atoms with Crippen molar-refractivity contribution in [1.82, 2.24) is 15.2 Å². The van der Waals surface area contributed by atoms with Gasteiger partial charge in [0.05, 0.1) is 0 Å². The number of hydrogen-bond donors (Lipinski definition) is 1. The first-order chi connectivity index (χ1) is 8.10. The molecule has 0 spiro atoms. The number of aliphatic imine (C=N–C) groups is 1. The Morgan fingerprint density at radius 2 is 1.94 bits per heavy atom. The Bertz CT molecular complexity index is 531. The van der Waals surface area contributed by atoms with E-state index < -0.39 is 0 Å². The van der Waals surface area contributed by atoms with Gasteiger partial charge in [0.2, 0.25) is 5.95 Å². The van der Waals surface area contributed by atoms with Gasteiger partial charge in [-0.2, -0.15) is 4.98 Å². The van der Waals surface area contributed by atoms with E-state index >= 15 is 0 Å². The van der Waals surface area contributed by atoms with Crippen LogP contribution in [0.5, 0.6) is 0 Å².